The standard InChI is InChI=1S/C16H21NO5.K/c1-21-14-7-6-12(8-13(14)15(18)19)22-16(20)11-4-2-10(9-17)3-5-11;/h6-8,10-11H,2-5,9,17H2,1H3,(H,18,19);/q;+1/p-1. The number of benzene rings is 1. The van der Waals surface area contributed by atoms with Crippen LogP contribution in [0.15, 0.2) is 18.2 Å². The van der Waals surface area contributed by atoms with Gasteiger partial charge in [0.15, 0.2) is 0 Å². The molecular weight excluding hydrogens is 325 g/mol. The fourth-order valence-corrected chi connectivity index (χ4v) is 2.74. The molecule has 0 saturated heterocycles. The van der Waals surface area contributed by atoms with Gasteiger partial charge in [-0.1, -0.05) is 0 Å². The van der Waals surface area contributed by atoms with E-state index >= 15 is 0 Å². The van der Waals surface area contributed by atoms with Crippen LogP contribution in [-0.4, -0.2) is 25.6 Å². The summed E-state index contributed by atoms with van der Waals surface area (Å²) in [5.74, 6) is -1.02. The average molecular weight is 345 g/mol. The van der Waals surface area contributed by atoms with E-state index in [1.807, 2.05) is 0 Å². The van der Waals surface area contributed by atoms with Crippen LogP contribution < -0.4 is 71.7 Å². The van der Waals surface area contributed by atoms with E-state index in [1.165, 1.54) is 25.3 Å². The summed E-state index contributed by atoms with van der Waals surface area (Å²) in [6.45, 7) is 0.648. The van der Waals surface area contributed by atoms with Crippen molar-refractivity contribution in [2.45, 2.75) is 25.7 Å². The molecule has 0 atom stereocenters. The molecular formula is C16H20KNO5. The van der Waals surface area contributed by atoms with Crippen molar-refractivity contribution in [3.8, 4) is 11.5 Å². The number of carbonyl (C=O) groups excluding carboxylic acids is 2. The number of hydrogen-bond acceptors (Lipinski definition) is 6. The van der Waals surface area contributed by atoms with Gasteiger partial charge in [-0.15, -0.1) is 0 Å². The van der Waals surface area contributed by atoms with Crippen LogP contribution in [0.1, 0.15) is 36.0 Å². The van der Waals surface area contributed by atoms with E-state index in [0.717, 1.165) is 25.7 Å². The summed E-state index contributed by atoms with van der Waals surface area (Å²) < 4.78 is 10.2. The van der Waals surface area contributed by atoms with Gasteiger partial charge in [-0.05, 0) is 56.3 Å². The minimum absolute atomic E-state index is 0. The van der Waals surface area contributed by atoms with Crippen molar-refractivity contribution in [3.05, 3.63) is 23.8 Å². The van der Waals surface area contributed by atoms with Crippen LogP contribution in [0.25, 0.3) is 0 Å². The van der Waals surface area contributed by atoms with Gasteiger partial charge in [-0.2, -0.15) is 0 Å². The van der Waals surface area contributed by atoms with Crippen molar-refractivity contribution in [2.75, 3.05) is 13.7 Å². The Morgan fingerprint density at radius 1 is 1.26 bits per heavy atom. The first kappa shape index (κ1) is 20.6. The third-order valence-corrected chi connectivity index (χ3v) is 4.12. The van der Waals surface area contributed by atoms with Gasteiger partial charge in [0, 0.05) is 5.56 Å². The maximum atomic E-state index is 12.2. The molecule has 23 heavy (non-hydrogen) atoms. The second-order valence-corrected chi connectivity index (χ2v) is 5.52. The fourth-order valence-electron chi connectivity index (χ4n) is 2.74. The van der Waals surface area contributed by atoms with Crippen LogP contribution in [0, 0.1) is 11.8 Å². The van der Waals surface area contributed by atoms with Gasteiger partial charge in [-0.3, -0.25) is 4.79 Å². The Labute approximate surface area is 178 Å². The van der Waals surface area contributed by atoms with Crippen molar-refractivity contribution in [3.63, 3.8) is 0 Å². The number of aromatic carboxylic acids is 1. The van der Waals surface area contributed by atoms with Gasteiger partial charge >= 0.3 is 57.4 Å². The molecule has 2 N–H and O–H groups in total. The summed E-state index contributed by atoms with van der Waals surface area (Å²) in [5, 5.41) is 11.0. The van der Waals surface area contributed by atoms with E-state index in [4.69, 9.17) is 15.2 Å². The molecule has 0 aromatic heterocycles. The van der Waals surface area contributed by atoms with E-state index < -0.39 is 5.97 Å². The molecule has 7 heteroatoms. The molecule has 2 rings (SSSR count). The van der Waals surface area contributed by atoms with E-state index in [2.05, 4.69) is 0 Å². The maximum Gasteiger partial charge on any atom is 1.00 e. The van der Waals surface area contributed by atoms with Crippen molar-refractivity contribution in [2.24, 2.45) is 17.6 Å². The Morgan fingerprint density at radius 2 is 1.91 bits per heavy atom. The molecule has 1 aliphatic rings. The van der Waals surface area contributed by atoms with Gasteiger partial charge in [0.1, 0.15) is 11.5 Å². The molecule has 6 nitrogen and oxygen atoms in total. The molecule has 0 amide bonds. The quantitative estimate of drug-likeness (QED) is 0.367. The minimum atomic E-state index is -1.38. The predicted molar refractivity (Wildman–Crippen MR) is 77.5 cm³/mol. The molecule has 0 heterocycles. The van der Waals surface area contributed by atoms with Crippen molar-refractivity contribution in [1.82, 2.24) is 0 Å². The fraction of sp³-hybridized carbons (Fsp3) is 0.500. The van der Waals surface area contributed by atoms with Crippen molar-refractivity contribution in [1.29, 1.82) is 0 Å². The number of methoxy groups -OCH3 is 1. The van der Waals surface area contributed by atoms with Gasteiger partial charge in [0.25, 0.3) is 0 Å². The van der Waals surface area contributed by atoms with Gasteiger partial charge in [-0.25, -0.2) is 0 Å². The second kappa shape index (κ2) is 9.76. The zero-order valence-electron chi connectivity index (χ0n) is 13.5. The molecule has 1 fully saturated rings. The third-order valence-electron chi connectivity index (χ3n) is 4.12. The SMILES string of the molecule is COc1ccc(OC(=O)C2CCC(CN)CC2)cc1C(=O)[O-].[K+]. The van der Waals surface area contributed by atoms with Crippen molar-refractivity contribution >= 4 is 11.9 Å². The van der Waals surface area contributed by atoms with Crippen molar-refractivity contribution < 1.29 is 75.6 Å². The molecule has 120 valence electrons. The van der Waals surface area contributed by atoms with Gasteiger partial charge in [0.2, 0.25) is 0 Å². The number of nitrogens with two attached hydrogens (primary N) is 1. The smallest absolute Gasteiger partial charge is 0.545 e. The van der Waals surface area contributed by atoms with Crippen LogP contribution in [-0.2, 0) is 4.79 Å². The number of esters is 1. The van der Waals surface area contributed by atoms with Crippen LogP contribution in [0.4, 0.5) is 0 Å². The number of rotatable bonds is 5. The zero-order chi connectivity index (χ0) is 16.1. The third kappa shape index (κ3) is 5.55. The topological polar surface area (TPSA) is 102 Å². The first-order valence-corrected chi connectivity index (χ1v) is 7.36. The average Bonchev–Trinajstić information content (AvgIpc) is 2.54. The van der Waals surface area contributed by atoms with Gasteiger partial charge in [0.05, 0.1) is 19.0 Å². The van der Waals surface area contributed by atoms with Gasteiger partial charge < -0.3 is 25.1 Å². The molecule has 0 spiro atoms. The Bertz CT molecular complexity index is 555. The Kier molecular flexibility index (Phi) is 8.74. The molecule has 1 saturated carbocycles. The number of carboxylic acids is 1. The van der Waals surface area contributed by atoms with Crippen LogP contribution in [0.2, 0.25) is 0 Å². The Balaban J connectivity index is 0.00000264. The van der Waals surface area contributed by atoms with Crippen LogP contribution in [0.5, 0.6) is 11.5 Å². The number of ether oxygens (including phenoxy) is 2. The van der Waals surface area contributed by atoms with E-state index in [9.17, 15) is 14.7 Å². The molecule has 1 aromatic carbocycles. The first-order valence-electron chi connectivity index (χ1n) is 7.36. The minimum Gasteiger partial charge on any atom is -0.545 e. The Hall–Kier alpha value is -0.444. The molecule has 0 unspecified atom stereocenters. The molecule has 1 aliphatic carbocycles. The Morgan fingerprint density at radius 3 is 2.43 bits per heavy atom. The summed E-state index contributed by atoms with van der Waals surface area (Å²) in [6, 6.07) is 4.20. The molecule has 1 aromatic rings. The normalized spacial score (nSPS) is 20.3. The largest absolute Gasteiger partial charge is 1.00 e. The number of hydrogen-bond donors (Lipinski definition) is 1. The molecule has 0 bridgehead atoms. The summed E-state index contributed by atoms with van der Waals surface area (Å²) in [6.07, 6.45) is 3.35. The summed E-state index contributed by atoms with van der Waals surface area (Å²) in [4.78, 5) is 23.2. The molecule has 0 radical (unpaired) electrons. The monoisotopic (exact) mass is 345 g/mol. The van der Waals surface area contributed by atoms with Crippen LogP contribution >= 0.6 is 0 Å². The maximum absolute atomic E-state index is 12.2. The summed E-state index contributed by atoms with van der Waals surface area (Å²) in [5.41, 5.74) is 5.49. The number of carboxylic acid groups (broad SMARTS) is 1. The van der Waals surface area contributed by atoms with E-state index in [1.54, 1.807) is 0 Å². The summed E-state index contributed by atoms with van der Waals surface area (Å²) >= 11 is 0. The predicted octanol–water partition coefficient (Wildman–Crippen LogP) is -2.27. The molecule has 0 aliphatic heterocycles. The zero-order valence-corrected chi connectivity index (χ0v) is 16.7. The number of carbonyl (C=O) groups is 2. The summed E-state index contributed by atoms with van der Waals surface area (Å²) in [7, 11) is 1.36. The first-order chi connectivity index (χ1) is 10.5. The second-order valence-electron chi connectivity index (χ2n) is 5.52. The van der Waals surface area contributed by atoms with E-state index in [-0.39, 0.29) is 80.3 Å². The van der Waals surface area contributed by atoms with E-state index in [0.29, 0.717) is 12.5 Å². The van der Waals surface area contributed by atoms with Crippen LogP contribution in [0.3, 0.4) is 0 Å².